The fourth-order valence-electron chi connectivity index (χ4n) is 2.55. The van der Waals surface area contributed by atoms with Crippen molar-refractivity contribution in [1.82, 2.24) is 15.6 Å². The number of carbonyl (C=O) groups excluding carboxylic acids is 1. The number of carbonyl (C=O) groups is 1. The molecular weight excluding hydrogens is 321 g/mol. The number of nitrogens with zero attached hydrogens (tertiary/aromatic N) is 2. The van der Waals surface area contributed by atoms with Gasteiger partial charge in [0.05, 0.1) is 5.56 Å². The Morgan fingerprint density at radius 3 is 2.54 bits per heavy atom. The van der Waals surface area contributed by atoms with Gasteiger partial charge in [-0.2, -0.15) is 13.2 Å². The zero-order valence-electron chi connectivity index (χ0n) is 13.9. The van der Waals surface area contributed by atoms with Gasteiger partial charge in [0, 0.05) is 31.4 Å². The number of anilines is 1. The molecule has 1 unspecified atom stereocenters. The molecule has 2 N–H and O–H groups in total. The van der Waals surface area contributed by atoms with Gasteiger partial charge >= 0.3 is 12.2 Å². The van der Waals surface area contributed by atoms with E-state index in [0.717, 1.165) is 31.5 Å². The molecule has 1 fully saturated rings. The average Bonchev–Trinajstić information content (AvgIpc) is 2.54. The van der Waals surface area contributed by atoms with E-state index in [1.54, 1.807) is 0 Å². The Hall–Kier alpha value is -1.99. The van der Waals surface area contributed by atoms with Crippen LogP contribution in [0.2, 0.25) is 0 Å². The van der Waals surface area contributed by atoms with E-state index in [1.165, 1.54) is 6.07 Å². The van der Waals surface area contributed by atoms with Gasteiger partial charge in [-0.1, -0.05) is 6.92 Å². The molecule has 134 valence electrons. The minimum Gasteiger partial charge on any atom is -0.356 e. The van der Waals surface area contributed by atoms with Crippen molar-refractivity contribution in [1.29, 1.82) is 0 Å². The summed E-state index contributed by atoms with van der Waals surface area (Å²) in [4.78, 5) is 17.7. The second-order valence-corrected chi connectivity index (χ2v) is 6.09. The highest BCUT2D eigenvalue weighted by atomic mass is 19.4. The number of nitrogens with one attached hydrogen (secondary N) is 2. The van der Waals surface area contributed by atoms with Crippen LogP contribution in [0.15, 0.2) is 18.3 Å². The fraction of sp³-hybridized carbons (Fsp3) is 0.625. The van der Waals surface area contributed by atoms with Gasteiger partial charge in [-0.15, -0.1) is 0 Å². The zero-order valence-corrected chi connectivity index (χ0v) is 13.9. The first-order chi connectivity index (χ1) is 11.3. The number of aromatic nitrogens is 1. The lowest BCUT2D eigenvalue weighted by Gasteiger charge is -2.33. The number of alkyl halides is 3. The number of rotatable bonds is 4. The average molecular weight is 344 g/mol. The number of urea groups is 1. The van der Waals surface area contributed by atoms with Crippen LogP contribution >= 0.6 is 0 Å². The monoisotopic (exact) mass is 344 g/mol. The van der Waals surface area contributed by atoms with Gasteiger partial charge in [0.15, 0.2) is 0 Å². The molecule has 2 heterocycles. The van der Waals surface area contributed by atoms with Crippen molar-refractivity contribution in [3.05, 3.63) is 23.9 Å². The Morgan fingerprint density at radius 2 is 2.04 bits per heavy atom. The van der Waals surface area contributed by atoms with E-state index in [9.17, 15) is 18.0 Å². The van der Waals surface area contributed by atoms with Gasteiger partial charge in [0.2, 0.25) is 0 Å². The summed E-state index contributed by atoms with van der Waals surface area (Å²) in [6, 6.07) is 2.47. The van der Waals surface area contributed by atoms with Crippen LogP contribution in [0, 0.1) is 0 Å². The second-order valence-electron chi connectivity index (χ2n) is 6.09. The van der Waals surface area contributed by atoms with Crippen LogP contribution in [0.5, 0.6) is 0 Å². The van der Waals surface area contributed by atoms with Gasteiger partial charge in [-0.25, -0.2) is 9.78 Å². The third-order valence-corrected chi connectivity index (χ3v) is 4.22. The van der Waals surface area contributed by atoms with Crippen LogP contribution in [-0.4, -0.2) is 36.2 Å². The van der Waals surface area contributed by atoms with Crippen molar-refractivity contribution in [2.75, 3.05) is 18.0 Å². The number of pyridine rings is 1. The minimum atomic E-state index is -4.37. The molecule has 2 amide bonds. The number of hydrogen-bond acceptors (Lipinski definition) is 3. The summed E-state index contributed by atoms with van der Waals surface area (Å²) in [5, 5.41) is 5.80. The number of amides is 2. The fourth-order valence-corrected chi connectivity index (χ4v) is 2.55. The summed E-state index contributed by atoms with van der Waals surface area (Å²) >= 11 is 0. The summed E-state index contributed by atoms with van der Waals surface area (Å²) in [6.07, 6.45) is -1.18. The van der Waals surface area contributed by atoms with E-state index in [1.807, 2.05) is 18.7 Å². The molecule has 1 aromatic heterocycles. The molecule has 1 atom stereocenters. The Balaban J connectivity index is 1.83. The van der Waals surface area contributed by atoms with E-state index in [0.29, 0.717) is 18.9 Å². The lowest BCUT2D eigenvalue weighted by atomic mass is 10.1. The second kappa shape index (κ2) is 7.72. The number of hydrogen-bond donors (Lipinski definition) is 2. The maximum absolute atomic E-state index is 12.6. The first-order valence-corrected chi connectivity index (χ1v) is 8.14. The van der Waals surface area contributed by atoms with Crippen molar-refractivity contribution in [2.24, 2.45) is 0 Å². The summed E-state index contributed by atoms with van der Waals surface area (Å²) in [7, 11) is 0. The van der Waals surface area contributed by atoms with Gasteiger partial charge in [0.25, 0.3) is 0 Å². The van der Waals surface area contributed by atoms with Crippen LogP contribution < -0.4 is 15.5 Å². The normalized spacial score (nSPS) is 17.5. The van der Waals surface area contributed by atoms with E-state index >= 15 is 0 Å². The van der Waals surface area contributed by atoms with Crippen molar-refractivity contribution in [3.63, 3.8) is 0 Å². The molecule has 0 spiro atoms. The minimum absolute atomic E-state index is 0.0692. The molecule has 0 radical (unpaired) electrons. The predicted octanol–water partition coefficient (Wildman–Crippen LogP) is 3.17. The van der Waals surface area contributed by atoms with E-state index in [4.69, 9.17) is 0 Å². The highest BCUT2D eigenvalue weighted by molar-refractivity contribution is 5.74. The van der Waals surface area contributed by atoms with Crippen LogP contribution in [0.25, 0.3) is 0 Å². The Morgan fingerprint density at radius 1 is 1.38 bits per heavy atom. The number of piperidine rings is 1. The standard InChI is InChI=1S/C16H23F3N4O/c1-3-11(2)21-15(24)22-13-6-8-23(9-7-13)14-5-4-12(10-20-14)16(17,18)19/h4-5,10-11,13H,3,6-9H2,1-2H3,(H2,21,22,24). The molecule has 8 heteroatoms. The SMILES string of the molecule is CCC(C)NC(=O)NC1CCN(c2ccc(C(F)(F)F)cn2)CC1. The van der Waals surface area contributed by atoms with Crippen molar-refractivity contribution in [3.8, 4) is 0 Å². The molecule has 0 aliphatic carbocycles. The molecule has 0 aromatic carbocycles. The maximum Gasteiger partial charge on any atom is 0.417 e. The van der Waals surface area contributed by atoms with Crippen LogP contribution in [0.1, 0.15) is 38.7 Å². The van der Waals surface area contributed by atoms with Crippen molar-refractivity contribution in [2.45, 2.75) is 51.4 Å². The largest absolute Gasteiger partial charge is 0.417 e. The Labute approximate surface area is 139 Å². The Kier molecular flexibility index (Phi) is 5.90. The molecule has 1 aromatic rings. The van der Waals surface area contributed by atoms with Crippen molar-refractivity contribution < 1.29 is 18.0 Å². The predicted molar refractivity (Wildman–Crippen MR) is 85.9 cm³/mol. The third kappa shape index (κ3) is 5.01. The molecule has 24 heavy (non-hydrogen) atoms. The highest BCUT2D eigenvalue weighted by Crippen LogP contribution is 2.29. The molecular formula is C16H23F3N4O. The van der Waals surface area contributed by atoms with Crippen molar-refractivity contribution >= 4 is 11.8 Å². The van der Waals surface area contributed by atoms with Crippen LogP contribution in [0.4, 0.5) is 23.8 Å². The van der Waals surface area contributed by atoms with Gasteiger partial charge < -0.3 is 15.5 Å². The summed E-state index contributed by atoms with van der Waals surface area (Å²) in [5.74, 6) is 0.533. The topological polar surface area (TPSA) is 57.3 Å². The number of halogens is 3. The van der Waals surface area contributed by atoms with Crippen LogP contribution in [0.3, 0.4) is 0 Å². The van der Waals surface area contributed by atoms with E-state index in [2.05, 4.69) is 15.6 Å². The molecule has 0 bridgehead atoms. The van der Waals surface area contributed by atoms with Crippen LogP contribution in [-0.2, 0) is 6.18 Å². The summed E-state index contributed by atoms with van der Waals surface area (Å²) < 4.78 is 37.7. The molecule has 2 rings (SSSR count). The van der Waals surface area contributed by atoms with Gasteiger partial charge in [-0.3, -0.25) is 0 Å². The van der Waals surface area contributed by atoms with E-state index < -0.39 is 11.7 Å². The molecule has 1 aliphatic rings. The maximum atomic E-state index is 12.6. The quantitative estimate of drug-likeness (QED) is 0.882. The molecule has 1 aliphatic heterocycles. The third-order valence-electron chi connectivity index (χ3n) is 4.22. The first kappa shape index (κ1) is 18.4. The lowest BCUT2D eigenvalue weighted by Crippen LogP contribution is -2.49. The summed E-state index contributed by atoms with van der Waals surface area (Å²) in [6.45, 7) is 5.23. The Bertz CT molecular complexity index is 539. The first-order valence-electron chi connectivity index (χ1n) is 8.14. The zero-order chi connectivity index (χ0) is 17.7. The summed E-state index contributed by atoms with van der Waals surface area (Å²) in [5.41, 5.74) is -0.746. The van der Waals surface area contributed by atoms with E-state index in [-0.39, 0.29) is 18.1 Å². The smallest absolute Gasteiger partial charge is 0.356 e. The molecule has 5 nitrogen and oxygen atoms in total. The van der Waals surface area contributed by atoms with Gasteiger partial charge in [-0.05, 0) is 38.3 Å². The lowest BCUT2D eigenvalue weighted by molar-refractivity contribution is -0.137. The van der Waals surface area contributed by atoms with Gasteiger partial charge in [0.1, 0.15) is 5.82 Å². The highest BCUT2D eigenvalue weighted by Gasteiger charge is 2.31. The molecule has 1 saturated heterocycles. The molecule has 0 saturated carbocycles.